The van der Waals surface area contributed by atoms with Crippen LogP contribution < -0.4 is 50.9 Å². The SMILES string of the molecule is CC(C(N)=O)n1c(=O)[nH]c2nc(-c3ccccc3Cl)n(-c3ccc(Cl)cc3)c2c1=O.C[C@@H](C(N)=O)n1c(=O)c2c(nc(-c3ccccc3Cl)n2-c2ccc(Cl)cc2)n(CC2CCCOC2)c1=O.C[C@H](C(N)=O)n1c(=O)c2c(nc(-c3ccccc3Cl)n2-c2ccc(Cl)cc2)n(CC2CCCOC2)c1=O.OC1CCOCC1. The van der Waals surface area contributed by atoms with E-state index in [9.17, 15) is 43.2 Å². The minimum absolute atomic E-state index is 0.0360. The van der Waals surface area contributed by atoms with E-state index in [0.717, 1.165) is 65.4 Å². The van der Waals surface area contributed by atoms with Crippen LogP contribution in [0.15, 0.2) is 174 Å². The third-order valence-corrected chi connectivity index (χ3v) is 21.0. The molecule has 5 atom stereocenters. The summed E-state index contributed by atoms with van der Waals surface area (Å²) in [7, 11) is 0. The van der Waals surface area contributed by atoms with Crippen molar-refractivity contribution in [2.75, 3.05) is 39.6 Å². The first-order valence-electron chi connectivity index (χ1n) is 35.4. The molecule has 8 N–H and O–H groups in total. The number of fused-ring (bicyclic) bond motifs is 3. The summed E-state index contributed by atoms with van der Waals surface area (Å²) in [5.74, 6) is -1.25. The lowest BCUT2D eigenvalue weighted by Crippen LogP contribution is -2.46. The highest BCUT2D eigenvalue weighted by atomic mass is 35.5. The summed E-state index contributed by atoms with van der Waals surface area (Å²) < 4.78 is 26.6. The summed E-state index contributed by atoms with van der Waals surface area (Å²) in [5, 5.41) is 11.6. The van der Waals surface area contributed by atoms with Gasteiger partial charge < -0.3 is 36.5 Å². The number of primary amides is 3. The lowest BCUT2D eigenvalue weighted by molar-refractivity contribution is -0.121. The van der Waals surface area contributed by atoms with E-state index in [-0.39, 0.29) is 64.5 Å². The maximum absolute atomic E-state index is 13.9. The number of H-pyrrole nitrogens is 1. The molecule has 3 aliphatic heterocycles. The number of aliphatic hydroxyl groups is 1. The minimum atomic E-state index is -1.17. The highest BCUT2D eigenvalue weighted by molar-refractivity contribution is 6.34. The molecule has 578 valence electrons. The standard InChI is InChI=1S/2C26H25Cl2N5O4.C20H15Cl2N5O3.C5H10O2/c2*1-15(22(29)34)32-25(35)21-24(31(26(32)36)13-16-5-4-12-37-14-16)30-23(19-6-2-3-7-20(19)28)33(21)18-10-8-17(27)9-11-18;1-10(16(23)28)26-19(29)15-17(25-20(26)30)24-18(13-4-2-3-5-14(13)22)27(15)12-8-6-11(21)7-9-12;6-5-1-3-7-4-2-5/h2*2-3,6-11,15-16H,4-5,12-14H2,1H3,(H2,29,34);2-10H,1H3,(H2,23,28)(H,25,30);5-6H,1-4H2/t2*15-,16?;;/m10../s1. The van der Waals surface area contributed by atoms with Crippen LogP contribution in [0.2, 0.25) is 30.1 Å². The van der Waals surface area contributed by atoms with Gasteiger partial charge in [-0.15, -0.1) is 0 Å². The molecule has 3 unspecified atom stereocenters. The van der Waals surface area contributed by atoms with Crippen molar-refractivity contribution in [1.29, 1.82) is 0 Å². The number of nitrogens with one attached hydrogen (secondary N) is 1. The van der Waals surface area contributed by atoms with E-state index >= 15 is 0 Å². The van der Waals surface area contributed by atoms with Crippen molar-refractivity contribution in [2.24, 2.45) is 29.0 Å². The van der Waals surface area contributed by atoms with Crippen LogP contribution in [-0.2, 0) is 41.7 Å². The van der Waals surface area contributed by atoms with Crippen LogP contribution in [0.3, 0.4) is 0 Å². The molecule has 3 aliphatic rings. The molecule has 15 rings (SSSR count). The fourth-order valence-corrected chi connectivity index (χ4v) is 14.4. The second kappa shape index (κ2) is 35.0. The average molecular weight is 1630 g/mol. The number of carbonyl (C=O) groups excluding carboxylic acids is 3. The Morgan fingerprint density at radius 3 is 1.11 bits per heavy atom. The van der Waals surface area contributed by atoms with Crippen LogP contribution in [0.1, 0.15) is 77.4 Å². The third-order valence-electron chi connectivity index (χ3n) is 19.3. The topological polar surface area (TPSA) is 374 Å². The first kappa shape index (κ1) is 80.3. The van der Waals surface area contributed by atoms with Gasteiger partial charge in [-0.25, -0.2) is 43.0 Å². The molecular weight excluding hydrogens is 1560 g/mol. The van der Waals surface area contributed by atoms with E-state index in [4.69, 9.17) is 116 Å². The number of carbonyl (C=O) groups is 3. The number of aliphatic hydroxyl groups excluding tert-OH is 1. The predicted molar refractivity (Wildman–Crippen MR) is 426 cm³/mol. The number of aromatic nitrogens is 12. The van der Waals surface area contributed by atoms with Crippen molar-refractivity contribution in [3.63, 3.8) is 0 Å². The number of halogens is 6. The Morgan fingerprint density at radius 1 is 0.450 bits per heavy atom. The lowest BCUT2D eigenvalue weighted by Gasteiger charge is -2.23. The molecule has 0 bridgehead atoms. The number of hydrogen-bond acceptors (Lipinski definition) is 16. The van der Waals surface area contributed by atoms with Gasteiger partial charge >= 0.3 is 17.1 Å². The average Bonchev–Trinajstić information content (AvgIpc) is 1.60. The van der Waals surface area contributed by atoms with Crippen molar-refractivity contribution in [1.82, 2.24) is 56.5 Å². The van der Waals surface area contributed by atoms with Crippen LogP contribution in [0.5, 0.6) is 0 Å². The van der Waals surface area contributed by atoms with E-state index < -0.39 is 69.6 Å². The molecule has 0 saturated carbocycles. The van der Waals surface area contributed by atoms with E-state index in [1.165, 1.54) is 29.9 Å². The van der Waals surface area contributed by atoms with Crippen LogP contribution in [0.4, 0.5) is 0 Å². The number of benzene rings is 6. The highest BCUT2D eigenvalue weighted by Crippen LogP contribution is 2.36. The van der Waals surface area contributed by atoms with Gasteiger partial charge in [-0.05, 0) is 168 Å². The third kappa shape index (κ3) is 17.0. The Labute approximate surface area is 661 Å². The molecule has 3 fully saturated rings. The predicted octanol–water partition coefficient (Wildman–Crippen LogP) is 10.6. The number of aromatic amines is 1. The number of ether oxygens (including phenoxy) is 3. The number of rotatable bonds is 16. The molecular formula is C77H75Cl6N15O13. The van der Waals surface area contributed by atoms with Gasteiger partial charge in [-0.2, -0.15) is 0 Å². The maximum Gasteiger partial charge on any atom is 0.333 e. The quantitative estimate of drug-likeness (QED) is 0.0600. The van der Waals surface area contributed by atoms with E-state index in [1.807, 2.05) is 12.1 Å². The number of nitrogens with two attached hydrogens (primary N) is 3. The van der Waals surface area contributed by atoms with E-state index in [0.29, 0.717) is 108 Å². The molecule has 12 aromatic rings. The largest absolute Gasteiger partial charge is 0.393 e. The second-order valence-corrected chi connectivity index (χ2v) is 29.2. The fourth-order valence-electron chi connectivity index (χ4n) is 13.3. The Hall–Kier alpha value is -10.2. The van der Waals surface area contributed by atoms with Crippen molar-refractivity contribution >= 4 is 121 Å². The minimum Gasteiger partial charge on any atom is -0.393 e. The van der Waals surface area contributed by atoms with Gasteiger partial charge in [0.05, 0.1) is 34.4 Å². The van der Waals surface area contributed by atoms with Crippen LogP contribution in [-0.4, -0.2) is 125 Å². The number of amides is 3. The first-order chi connectivity index (χ1) is 53.2. The second-order valence-electron chi connectivity index (χ2n) is 26.7. The molecule has 0 spiro atoms. The van der Waals surface area contributed by atoms with Crippen LogP contribution in [0.25, 0.3) is 84.7 Å². The summed E-state index contributed by atoms with van der Waals surface area (Å²) in [5.41, 5.74) is 16.5. The van der Waals surface area contributed by atoms with Crippen LogP contribution >= 0.6 is 69.6 Å². The molecule has 6 aromatic carbocycles. The van der Waals surface area contributed by atoms with E-state index in [1.54, 1.807) is 147 Å². The van der Waals surface area contributed by atoms with Crippen molar-refractivity contribution < 1.29 is 33.7 Å². The molecule has 28 nitrogen and oxygen atoms in total. The number of hydrogen-bond donors (Lipinski definition) is 5. The molecule has 0 aliphatic carbocycles. The molecule has 111 heavy (non-hydrogen) atoms. The van der Waals surface area contributed by atoms with Gasteiger partial charge in [0.1, 0.15) is 35.6 Å². The van der Waals surface area contributed by atoms with Crippen molar-refractivity contribution in [3.05, 3.63) is 238 Å². The van der Waals surface area contributed by atoms with Gasteiger partial charge in [0, 0.05) is 100 Å². The summed E-state index contributed by atoms with van der Waals surface area (Å²) in [6.07, 6.45) is 4.99. The monoisotopic (exact) mass is 1630 g/mol. The van der Waals surface area contributed by atoms with Gasteiger partial charge in [-0.3, -0.25) is 56.6 Å². The fraction of sp³-hybridized carbons (Fsp3) is 0.299. The molecule has 34 heteroatoms. The van der Waals surface area contributed by atoms with Gasteiger partial charge in [0.25, 0.3) is 16.7 Å². The molecule has 9 heterocycles. The Kier molecular flexibility index (Phi) is 25.3. The molecule has 3 saturated heterocycles. The van der Waals surface area contributed by atoms with Gasteiger partial charge in [0.15, 0.2) is 33.5 Å². The lowest BCUT2D eigenvalue weighted by atomic mass is 10.0. The summed E-state index contributed by atoms with van der Waals surface area (Å²) in [6, 6.07) is 38.2. The smallest absolute Gasteiger partial charge is 0.333 e. The number of nitrogens with zero attached hydrogens (tertiary/aromatic N) is 11. The zero-order chi connectivity index (χ0) is 79.2. The number of imidazole rings is 3. The van der Waals surface area contributed by atoms with Gasteiger partial charge in [-0.1, -0.05) is 106 Å². The van der Waals surface area contributed by atoms with Gasteiger partial charge in [0.2, 0.25) is 17.7 Å². The van der Waals surface area contributed by atoms with Crippen LogP contribution in [0, 0.1) is 11.8 Å². The molecule has 0 radical (unpaired) electrons. The Balaban J connectivity index is 0.000000149. The van der Waals surface area contributed by atoms with Crippen molar-refractivity contribution in [2.45, 2.75) is 96.6 Å². The zero-order valence-electron chi connectivity index (χ0n) is 60.0. The van der Waals surface area contributed by atoms with Crippen molar-refractivity contribution in [3.8, 4) is 51.2 Å². The summed E-state index contributed by atoms with van der Waals surface area (Å²) >= 11 is 37.8. The van der Waals surface area contributed by atoms with E-state index in [2.05, 4.69) is 9.97 Å². The normalized spacial score (nSPS) is 16.0. The Bertz CT molecular complexity index is 5630. The first-order valence-corrected chi connectivity index (χ1v) is 37.7. The summed E-state index contributed by atoms with van der Waals surface area (Å²) in [4.78, 5) is 134. The summed E-state index contributed by atoms with van der Waals surface area (Å²) in [6.45, 7) is 8.54. The molecule has 6 aromatic heterocycles. The molecule has 3 amide bonds. The zero-order valence-corrected chi connectivity index (χ0v) is 64.5. The highest BCUT2D eigenvalue weighted by Gasteiger charge is 2.33. The maximum atomic E-state index is 13.9. The Morgan fingerprint density at radius 2 is 0.784 bits per heavy atom.